The van der Waals surface area contributed by atoms with Crippen LogP contribution in [0.25, 0.3) is 0 Å². The number of hydrogen-bond donors (Lipinski definition) is 2. The first-order chi connectivity index (χ1) is 11.7. The van der Waals surface area contributed by atoms with Crippen LogP contribution in [-0.4, -0.2) is 10.9 Å². The molecule has 120 valence electrons. The van der Waals surface area contributed by atoms with E-state index in [1.54, 1.807) is 11.3 Å². The molecule has 1 aliphatic heterocycles. The molecule has 2 N–H and O–H groups in total. The number of aromatic nitrogens is 1. The first-order valence-electron chi connectivity index (χ1n) is 7.57. The molecule has 0 saturated heterocycles. The van der Waals surface area contributed by atoms with Crippen LogP contribution in [-0.2, 0) is 4.79 Å². The number of fused-ring (bicyclic) bond motifs is 1. The van der Waals surface area contributed by atoms with E-state index in [2.05, 4.69) is 15.6 Å². The lowest BCUT2D eigenvalue weighted by molar-refractivity contribution is -0.116. The van der Waals surface area contributed by atoms with Gasteiger partial charge in [0.15, 0.2) is 5.13 Å². The minimum Gasteiger partial charge on any atom is -0.331 e. The highest BCUT2D eigenvalue weighted by atomic mass is 35.5. The molecule has 0 radical (unpaired) electrons. The second-order valence-electron chi connectivity index (χ2n) is 5.58. The minimum atomic E-state index is -0.0240. The summed E-state index contributed by atoms with van der Waals surface area (Å²) in [5.74, 6) is 0.597. The molecule has 0 unspecified atom stereocenters. The molecule has 0 aliphatic carbocycles. The molecule has 0 saturated carbocycles. The minimum absolute atomic E-state index is 0.0173. The Morgan fingerprint density at radius 2 is 2.00 bits per heavy atom. The maximum Gasteiger partial charge on any atom is 0.226 e. The van der Waals surface area contributed by atoms with Crippen molar-refractivity contribution in [1.29, 1.82) is 0 Å². The molecule has 0 fully saturated rings. The fraction of sp³-hybridized carbons (Fsp3) is 0.111. The summed E-state index contributed by atoms with van der Waals surface area (Å²) in [5.41, 5.74) is 2.00. The van der Waals surface area contributed by atoms with Crippen molar-refractivity contribution < 1.29 is 4.79 Å². The van der Waals surface area contributed by atoms with Crippen LogP contribution < -0.4 is 10.6 Å². The number of thiazole rings is 1. The molecule has 3 aromatic rings. The smallest absolute Gasteiger partial charge is 0.226 e. The average molecular weight is 356 g/mol. The van der Waals surface area contributed by atoms with Crippen LogP contribution in [0.4, 0.5) is 16.6 Å². The van der Waals surface area contributed by atoms with Crippen LogP contribution in [0.5, 0.6) is 0 Å². The Hall–Kier alpha value is -2.37. The molecule has 2 aromatic carbocycles. The monoisotopic (exact) mass is 355 g/mol. The van der Waals surface area contributed by atoms with Crippen LogP contribution in [0.1, 0.15) is 22.8 Å². The van der Waals surface area contributed by atoms with Crippen LogP contribution >= 0.6 is 22.9 Å². The summed E-state index contributed by atoms with van der Waals surface area (Å²) in [6.45, 7) is 0. The molecule has 1 atom stereocenters. The van der Waals surface area contributed by atoms with Crippen LogP contribution in [0.2, 0.25) is 5.02 Å². The standard InChI is InChI=1S/C18H14ClN3OS/c19-12-6-4-5-11(9-12)14-10-15(23)21-17-16(14)24-18(22-17)20-13-7-2-1-3-8-13/h1-9,14H,10H2,(H,20,22)(H,21,23)/t14-/m0/s1. The number of nitrogens with zero attached hydrogens (tertiary/aromatic N) is 1. The van der Waals surface area contributed by atoms with E-state index in [1.807, 2.05) is 54.6 Å². The highest BCUT2D eigenvalue weighted by Crippen LogP contribution is 2.43. The molecule has 4 rings (SSSR count). The van der Waals surface area contributed by atoms with E-state index in [0.29, 0.717) is 17.3 Å². The third-order valence-corrected chi connectivity index (χ3v) is 5.21. The molecule has 1 aliphatic rings. The summed E-state index contributed by atoms with van der Waals surface area (Å²) in [7, 11) is 0. The summed E-state index contributed by atoms with van der Waals surface area (Å²) in [5, 5.41) is 7.59. The second-order valence-corrected chi connectivity index (χ2v) is 7.05. The Labute approximate surface area is 148 Å². The van der Waals surface area contributed by atoms with Gasteiger partial charge in [-0.05, 0) is 29.8 Å². The summed E-state index contributed by atoms with van der Waals surface area (Å²) < 4.78 is 0. The van der Waals surface area contributed by atoms with E-state index < -0.39 is 0 Å². The Morgan fingerprint density at radius 1 is 1.17 bits per heavy atom. The van der Waals surface area contributed by atoms with E-state index >= 15 is 0 Å². The topological polar surface area (TPSA) is 54.0 Å². The maximum atomic E-state index is 12.1. The van der Waals surface area contributed by atoms with Crippen LogP contribution in [0.3, 0.4) is 0 Å². The lowest BCUT2D eigenvalue weighted by Gasteiger charge is -2.21. The van der Waals surface area contributed by atoms with Gasteiger partial charge in [0.2, 0.25) is 5.91 Å². The van der Waals surface area contributed by atoms with Crippen molar-refractivity contribution in [3.63, 3.8) is 0 Å². The van der Waals surface area contributed by atoms with Gasteiger partial charge < -0.3 is 10.6 Å². The number of halogens is 1. The number of nitrogens with one attached hydrogen (secondary N) is 2. The Kier molecular flexibility index (Phi) is 3.96. The first kappa shape index (κ1) is 15.2. The van der Waals surface area contributed by atoms with Gasteiger partial charge in [0.05, 0.1) is 4.88 Å². The zero-order chi connectivity index (χ0) is 16.5. The number of hydrogen-bond acceptors (Lipinski definition) is 4. The average Bonchev–Trinajstić information content (AvgIpc) is 2.97. The van der Waals surface area contributed by atoms with Crippen molar-refractivity contribution >= 4 is 45.5 Å². The van der Waals surface area contributed by atoms with Gasteiger partial charge >= 0.3 is 0 Å². The van der Waals surface area contributed by atoms with Crippen LogP contribution in [0, 0.1) is 0 Å². The van der Waals surface area contributed by atoms with E-state index in [0.717, 1.165) is 21.3 Å². The van der Waals surface area contributed by atoms with E-state index in [4.69, 9.17) is 11.6 Å². The van der Waals surface area contributed by atoms with Crippen molar-refractivity contribution in [3.05, 3.63) is 70.1 Å². The fourth-order valence-corrected chi connectivity index (χ4v) is 4.08. The van der Waals surface area contributed by atoms with Gasteiger partial charge in [-0.25, -0.2) is 4.98 Å². The lowest BCUT2D eigenvalue weighted by atomic mass is 9.92. The molecule has 6 heteroatoms. The van der Waals surface area contributed by atoms with Crippen LogP contribution in [0.15, 0.2) is 54.6 Å². The lowest BCUT2D eigenvalue weighted by Crippen LogP contribution is -2.22. The van der Waals surface area contributed by atoms with Crippen molar-refractivity contribution in [3.8, 4) is 0 Å². The van der Waals surface area contributed by atoms with Crippen molar-refractivity contribution in [1.82, 2.24) is 4.98 Å². The summed E-state index contributed by atoms with van der Waals surface area (Å²) in [6, 6.07) is 17.5. The van der Waals surface area contributed by atoms with E-state index in [9.17, 15) is 4.79 Å². The molecule has 24 heavy (non-hydrogen) atoms. The molecular formula is C18H14ClN3OS. The molecule has 1 aromatic heterocycles. The number of carbonyl (C=O) groups excluding carboxylic acids is 1. The quantitative estimate of drug-likeness (QED) is 0.694. The third kappa shape index (κ3) is 3.00. The number of para-hydroxylation sites is 1. The number of amides is 1. The molecular weight excluding hydrogens is 342 g/mol. The summed E-state index contributed by atoms with van der Waals surface area (Å²) in [6.07, 6.45) is 0.403. The van der Waals surface area contributed by atoms with Gasteiger partial charge in [0, 0.05) is 23.0 Å². The zero-order valence-corrected chi connectivity index (χ0v) is 14.2. The number of anilines is 3. The van der Waals surface area contributed by atoms with E-state index in [1.165, 1.54) is 0 Å². The number of benzene rings is 2. The highest BCUT2D eigenvalue weighted by Gasteiger charge is 2.30. The molecule has 0 bridgehead atoms. The first-order valence-corrected chi connectivity index (χ1v) is 8.76. The zero-order valence-electron chi connectivity index (χ0n) is 12.6. The fourth-order valence-electron chi connectivity index (χ4n) is 2.81. The molecule has 0 spiro atoms. The highest BCUT2D eigenvalue weighted by molar-refractivity contribution is 7.16. The largest absolute Gasteiger partial charge is 0.331 e. The second kappa shape index (κ2) is 6.26. The predicted octanol–water partition coefficient (Wildman–Crippen LogP) is 5.01. The van der Waals surface area contributed by atoms with Gasteiger partial charge in [0.1, 0.15) is 5.82 Å². The van der Waals surface area contributed by atoms with Gasteiger partial charge in [-0.1, -0.05) is 53.3 Å². The molecule has 1 amide bonds. The van der Waals surface area contributed by atoms with Crippen molar-refractivity contribution in [2.24, 2.45) is 0 Å². The Bertz CT molecular complexity index is 894. The normalized spacial score (nSPS) is 16.4. The Morgan fingerprint density at radius 3 is 2.79 bits per heavy atom. The number of rotatable bonds is 3. The van der Waals surface area contributed by atoms with Gasteiger partial charge in [0.25, 0.3) is 0 Å². The molecule has 2 heterocycles. The summed E-state index contributed by atoms with van der Waals surface area (Å²) in [4.78, 5) is 17.7. The number of carbonyl (C=O) groups is 1. The summed E-state index contributed by atoms with van der Waals surface area (Å²) >= 11 is 7.68. The predicted molar refractivity (Wildman–Crippen MR) is 98.4 cm³/mol. The maximum absolute atomic E-state index is 12.1. The van der Waals surface area contributed by atoms with Crippen molar-refractivity contribution in [2.45, 2.75) is 12.3 Å². The van der Waals surface area contributed by atoms with Crippen molar-refractivity contribution in [2.75, 3.05) is 10.6 Å². The molecule has 4 nitrogen and oxygen atoms in total. The third-order valence-electron chi connectivity index (χ3n) is 3.89. The van der Waals surface area contributed by atoms with Gasteiger partial charge in [-0.2, -0.15) is 0 Å². The van der Waals surface area contributed by atoms with Gasteiger partial charge in [-0.3, -0.25) is 4.79 Å². The Balaban J connectivity index is 1.70. The van der Waals surface area contributed by atoms with E-state index in [-0.39, 0.29) is 11.8 Å². The SMILES string of the molecule is O=C1C[C@@H](c2cccc(Cl)c2)c2sc(Nc3ccccc3)nc2N1. The van der Waals surface area contributed by atoms with Gasteiger partial charge in [-0.15, -0.1) is 0 Å².